The molecule has 0 aliphatic heterocycles. The molecule has 23 heavy (non-hydrogen) atoms. The average Bonchev–Trinajstić information content (AvgIpc) is 2.81. The molecule has 0 amide bonds. The minimum Gasteiger partial charge on any atom is -0.493 e. The zero-order valence-electron chi connectivity index (χ0n) is 12.2. The minimum atomic E-state index is -0.387. The van der Waals surface area contributed by atoms with Crippen LogP contribution < -0.4 is 5.69 Å². The van der Waals surface area contributed by atoms with Crippen LogP contribution >= 0.6 is 11.6 Å². The molecular formula is C17H12ClN3O2. The summed E-state index contributed by atoms with van der Waals surface area (Å²) < 4.78 is 2.62. The second-order valence-electron chi connectivity index (χ2n) is 5.35. The molecule has 1 N–H and O–H groups in total. The summed E-state index contributed by atoms with van der Waals surface area (Å²) in [5.74, 6) is -0.220. The maximum atomic E-state index is 12.9. The van der Waals surface area contributed by atoms with Gasteiger partial charge in [-0.1, -0.05) is 41.4 Å². The first-order valence-corrected chi connectivity index (χ1v) is 7.43. The number of hydrogen-bond donors (Lipinski definition) is 1. The molecule has 4 aromatic rings. The lowest BCUT2D eigenvalue weighted by molar-refractivity contribution is 0.446. The van der Waals surface area contributed by atoms with Gasteiger partial charge in [-0.3, -0.25) is 4.40 Å². The molecule has 5 nitrogen and oxygen atoms in total. The van der Waals surface area contributed by atoms with Gasteiger partial charge in [-0.25, -0.2) is 14.3 Å². The van der Waals surface area contributed by atoms with E-state index in [9.17, 15) is 9.90 Å². The molecule has 2 aromatic heterocycles. The van der Waals surface area contributed by atoms with Crippen molar-refractivity contribution in [3.05, 3.63) is 69.7 Å². The zero-order chi connectivity index (χ0) is 16.1. The molecule has 4 rings (SSSR count). The molecule has 0 unspecified atom stereocenters. The van der Waals surface area contributed by atoms with Crippen molar-refractivity contribution in [1.29, 1.82) is 0 Å². The number of aromatic nitrogens is 3. The normalized spacial score (nSPS) is 11.4. The predicted molar refractivity (Wildman–Crippen MR) is 89.7 cm³/mol. The van der Waals surface area contributed by atoms with Crippen molar-refractivity contribution >= 4 is 28.2 Å². The molecule has 114 valence electrons. The molecule has 2 aromatic carbocycles. The molecule has 0 bridgehead atoms. The SMILES string of the molecule is Cc1ccc(-n2c(O)c3c(Cl)nc4ccccc4n3c2=O)cc1. The maximum absolute atomic E-state index is 12.9. The van der Waals surface area contributed by atoms with Gasteiger partial charge in [0.05, 0.1) is 16.7 Å². The van der Waals surface area contributed by atoms with Gasteiger partial charge in [0.15, 0.2) is 5.15 Å². The van der Waals surface area contributed by atoms with Gasteiger partial charge < -0.3 is 5.11 Å². The lowest BCUT2D eigenvalue weighted by Crippen LogP contribution is -2.19. The van der Waals surface area contributed by atoms with Gasteiger partial charge in [0.2, 0.25) is 5.88 Å². The Morgan fingerprint density at radius 3 is 2.52 bits per heavy atom. The van der Waals surface area contributed by atoms with Crippen molar-refractivity contribution in [2.75, 3.05) is 0 Å². The van der Waals surface area contributed by atoms with Crippen LogP contribution in [0.3, 0.4) is 0 Å². The molecular weight excluding hydrogens is 314 g/mol. The number of benzene rings is 2. The predicted octanol–water partition coefficient (Wildman–Crippen LogP) is 3.31. The average molecular weight is 326 g/mol. The summed E-state index contributed by atoms with van der Waals surface area (Å²) in [6.45, 7) is 1.96. The van der Waals surface area contributed by atoms with Gasteiger partial charge in [-0.05, 0) is 31.2 Å². The Labute approximate surface area is 136 Å². The van der Waals surface area contributed by atoms with Crippen LogP contribution in [0, 0.1) is 6.92 Å². The van der Waals surface area contributed by atoms with E-state index in [2.05, 4.69) is 4.98 Å². The first-order chi connectivity index (χ1) is 11.1. The summed E-state index contributed by atoms with van der Waals surface area (Å²) in [6, 6.07) is 14.5. The topological polar surface area (TPSA) is 59.5 Å². The van der Waals surface area contributed by atoms with Gasteiger partial charge in [-0.2, -0.15) is 0 Å². The molecule has 0 saturated carbocycles. The summed E-state index contributed by atoms with van der Waals surface area (Å²) >= 11 is 6.20. The van der Waals surface area contributed by atoms with Gasteiger partial charge in [0, 0.05) is 0 Å². The summed E-state index contributed by atoms with van der Waals surface area (Å²) in [7, 11) is 0. The second-order valence-corrected chi connectivity index (χ2v) is 5.71. The fourth-order valence-corrected chi connectivity index (χ4v) is 2.99. The van der Waals surface area contributed by atoms with Crippen molar-refractivity contribution in [3.8, 4) is 11.6 Å². The fourth-order valence-electron chi connectivity index (χ4n) is 2.73. The molecule has 0 radical (unpaired) electrons. The van der Waals surface area contributed by atoms with Crippen LogP contribution in [0.2, 0.25) is 5.15 Å². The Morgan fingerprint density at radius 1 is 1.09 bits per heavy atom. The summed E-state index contributed by atoms with van der Waals surface area (Å²) in [6.07, 6.45) is 0. The standard InChI is InChI=1S/C17H12ClN3O2/c1-10-6-8-11(9-7-10)20-16(22)14-15(18)19-12-4-2-3-5-13(12)21(14)17(20)23/h2-9,22H,1H3. The molecule has 0 aliphatic carbocycles. The first-order valence-electron chi connectivity index (χ1n) is 7.05. The van der Waals surface area contributed by atoms with Crippen molar-refractivity contribution in [2.45, 2.75) is 6.92 Å². The third kappa shape index (κ3) is 1.94. The fraction of sp³-hybridized carbons (Fsp3) is 0.0588. The van der Waals surface area contributed by atoms with E-state index in [1.54, 1.807) is 24.3 Å². The number of nitrogens with zero attached hydrogens (tertiary/aromatic N) is 3. The van der Waals surface area contributed by atoms with Crippen molar-refractivity contribution in [2.24, 2.45) is 0 Å². The summed E-state index contributed by atoms with van der Waals surface area (Å²) in [4.78, 5) is 17.1. The minimum absolute atomic E-state index is 0.0872. The maximum Gasteiger partial charge on any atom is 0.340 e. The Morgan fingerprint density at radius 2 is 1.78 bits per heavy atom. The monoisotopic (exact) mass is 325 g/mol. The molecule has 0 spiro atoms. The number of imidazole rings is 1. The Bertz CT molecular complexity index is 1110. The first kappa shape index (κ1) is 13.8. The number of fused-ring (bicyclic) bond motifs is 3. The number of hydrogen-bond acceptors (Lipinski definition) is 3. The summed E-state index contributed by atoms with van der Waals surface area (Å²) in [5, 5.41) is 10.6. The second kappa shape index (κ2) is 4.86. The van der Waals surface area contributed by atoms with Gasteiger partial charge in [0.25, 0.3) is 0 Å². The lowest BCUT2D eigenvalue weighted by Gasteiger charge is -2.02. The molecule has 2 heterocycles. The van der Waals surface area contributed by atoms with E-state index in [-0.39, 0.29) is 22.2 Å². The molecule has 0 saturated heterocycles. The van der Waals surface area contributed by atoms with Crippen molar-refractivity contribution in [3.63, 3.8) is 0 Å². The van der Waals surface area contributed by atoms with E-state index >= 15 is 0 Å². The van der Waals surface area contributed by atoms with Gasteiger partial charge in [-0.15, -0.1) is 0 Å². The number of aromatic hydroxyl groups is 1. The quantitative estimate of drug-likeness (QED) is 0.584. The van der Waals surface area contributed by atoms with Crippen molar-refractivity contribution in [1.82, 2.24) is 14.0 Å². The molecule has 0 fully saturated rings. The van der Waals surface area contributed by atoms with E-state index in [1.165, 1.54) is 8.97 Å². The highest BCUT2D eigenvalue weighted by Crippen LogP contribution is 2.29. The van der Waals surface area contributed by atoms with Gasteiger partial charge in [0.1, 0.15) is 5.52 Å². The van der Waals surface area contributed by atoms with Crippen LogP contribution in [-0.2, 0) is 0 Å². The van der Waals surface area contributed by atoms with Crippen LogP contribution in [-0.4, -0.2) is 19.1 Å². The highest BCUT2D eigenvalue weighted by atomic mass is 35.5. The van der Waals surface area contributed by atoms with E-state index < -0.39 is 0 Å². The highest BCUT2D eigenvalue weighted by molar-refractivity contribution is 6.33. The van der Waals surface area contributed by atoms with Gasteiger partial charge >= 0.3 is 5.69 Å². The van der Waals surface area contributed by atoms with Crippen LogP contribution in [0.1, 0.15) is 5.56 Å². The number of halogens is 1. The summed E-state index contributed by atoms with van der Waals surface area (Å²) in [5.41, 5.74) is 2.64. The molecule has 0 atom stereocenters. The smallest absolute Gasteiger partial charge is 0.340 e. The third-order valence-electron chi connectivity index (χ3n) is 3.86. The number of para-hydroxylation sites is 2. The molecule has 0 aliphatic rings. The zero-order valence-corrected chi connectivity index (χ0v) is 12.9. The Balaban J connectivity index is 2.20. The largest absolute Gasteiger partial charge is 0.493 e. The van der Waals surface area contributed by atoms with Crippen LogP contribution in [0.5, 0.6) is 5.88 Å². The van der Waals surface area contributed by atoms with E-state index in [4.69, 9.17) is 11.6 Å². The van der Waals surface area contributed by atoms with E-state index in [0.29, 0.717) is 16.7 Å². The van der Waals surface area contributed by atoms with E-state index in [0.717, 1.165) is 5.56 Å². The lowest BCUT2D eigenvalue weighted by atomic mass is 10.2. The van der Waals surface area contributed by atoms with Crippen LogP contribution in [0.4, 0.5) is 0 Å². The molecule has 6 heteroatoms. The Hall–Kier alpha value is -2.79. The van der Waals surface area contributed by atoms with Crippen LogP contribution in [0.25, 0.3) is 22.2 Å². The van der Waals surface area contributed by atoms with Crippen molar-refractivity contribution < 1.29 is 5.11 Å². The Kier molecular flexibility index (Phi) is 2.92. The number of aryl methyl sites for hydroxylation is 1. The van der Waals surface area contributed by atoms with E-state index in [1.807, 2.05) is 31.2 Å². The highest BCUT2D eigenvalue weighted by Gasteiger charge is 2.20. The number of rotatable bonds is 1. The van der Waals surface area contributed by atoms with Crippen LogP contribution in [0.15, 0.2) is 53.3 Å². The third-order valence-corrected chi connectivity index (χ3v) is 4.12.